The Morgan fingerprint density at radius 1 is 0.622 bits per heavy atom. The second-order valence-corrected chi connectivity index (χ2v) is 10.3. The Kier molecular flexibility index (Phi) is 12.8. The predicted octanol–water partition coefficient (Wildman–Crippen LogP) is 7.04. The second kappa shape index (κ2) is 16.7. The van der Waals surface area contributed by atoms with Crippen LogP contribution in [-0.4, -0.2) is 50.8 Å². The van der Waals surface area contributed by atoms with Crippen molar-refractivity contribution in [2.75, 3.05) is 33.0 Å². The number of carbonyl (C=O) groups is 3. The van der Waals surface area contributed by atoms with Crippen molar-refractivity contribution in [2.24, 2.45) is 0 Å². The lowest BCUT2D eigenvalue weighted by atomic mass is 9.98. The lowest BCUT2D eigenvalue weighted by molar-refractivity contribution is -0.153. The quantitative estimate of drug-likeness (QED) is 0.0520. The Morgan fingerprint density at radius 3 is 1.53 bits per heavy atom. The minimum absolute atomic E-state index is 0.0122. The Morgan fingerprint density at radius 2 is 1.11 bits per heavy atom. The van der Waals surface area contributed by atoms with Gasteiger partial charge in [-0.3, -0.25) is 4.79 Å². The van der Waals surface area contributed by atoms with Crippen LogP contribution < -0.4 is 14.2 Å². The zero-order valence-corrected chi connectivity index (χ0v) is 25.6. The van der Waals surface area contributed by atoms with Gasteiger partial charge >= 0.3 is 11.9 Å². The number of hydrogen-bond acceptors (Lipinski definition) is 8. The molecule has 0 bridgehead atoms. The molecule has 8 nitrogen and oxygen atoms in total. The van der Waals surface area contributed by atoms with Crippen molar-refractivity contribution in [3.05, 3.63) is 90.5 Å². The van der Waals surface area contributed by atoms with Gasteiger partial charge in [0, 0.05) is 25.3 Å². The molecule has 3 aromatic rings. The van der Waals surface area contributed by atoms with Gasteiger partial charge in [0.2, 0.25) is 5.78 Å². The summed E-state index contributed by atoms with van der Waals surface area (Å²) in [6.07, 6.45) is 0.652. The highest BCUT2D eigenvalue weighted by Gasteiger charge is 2.13. The van der Waals surface area contributed by atoms with Crippen LogP contribution in [0.4, 0.5) is 8.78 Å². The highest BCUT2D eigenvalue weighted by Crippen LogP contribution is 2.35. The van der Waals surface area contributed by atoms with Gasteiger partial charge < -0.3 is 23.7 Å². The van der Waals surface area contributed by atoms with E-state index in [1.165, 1.54) is 24.3 Å². The van der Waals surface area contributed by atoms with Crippen LogP contribution in [0.25, 0.3) is 22.3 Å². The van der Waals surface area contributed by atoms with Gasteiger partial charge in [-0.2, -0.15) is 0 Å². The summed E-state index contributed by atoms with van der Waals surface area (Å²) in [7, 11) is 0. The van der Waals surface area contributed by atoms with E-state index in [1.807, 2.05) is 6.92 Å². The molecule has 0 saturated heterocycles. The van der Waals surface area contributed by atoms with Crippen molar-refractivity contribution in [2.45, 2.75) is 33.6 Å². The Hall–Kier alpha value is -4.99. The molecule has 0 heterocycles. The third kappa shape index (κ3) is 10.9. The molecular weight excluding hydrogens is 586 g/mol. The van der Waals surface area contributed by atoms with E-state index in [9.17, 15) is 18.8 Å². The van der Waals surface area contributed by atoms with Gasteiger partial charge in [0.05, 0.1) is 26.4 Å². The number of carbonyl (C=O) groups excluding carboxylic acids is 3. The molecule has 0 radical (unpaired) electrons. The molecular formula is C35H36F2O8. The molecule has 3 aromatic carbocycles. The molecule has 0 fully saturated rings. The SMILES string of the molecule is C=C(C)COc1cc(-c2ccc(OCCCOC(=O)C(=C)C)c(F)c2)cc(-c2ccc(OCCCOC(=O)C(C)=O)c(F)c2)c1. The van der Waals surface area contributed by atoms with Gasteiger partial charge in [-0.05, 0) is 84.1 Å². The van der Waals surface area contributed by atoms with Crippen molar-refractivity contribution >= 4 is 17.7 Å². The standard InChI is InChI=1S/C35H36F2O8/c1-22(2)21-45-29-17-27(25-8-10-32(30(36)19-25)41-12-6-14-43-34(39)23(3)4)16-28(18-29)26-9-11-33(31(37)20-26)42-13-7-15-44-35(40)24(5)38/h8-11,16-20H,1,3,6-7,12-15,21H2,2,4-5H3. The summed E-state index contributed by atoms with van der Waals surface area (Å²) in [6, 6.07) is 14.3. The van der Waals surface area contributed by atoms with Crippen LogP contribution in [0, 0.1) is 11.6 Å². The second-order valence-electron chi connectivity index (χ2n) is 10.3. The minimum atomic E-state index is -0.929. The van der Waals surface area contributed by atoms with Crippen molar-refractivity contribution in [3.8, 4) is 39.5 Å². The Bertz CT molecular complexity index is 1460. The van der Waals surface area contributed by atoms with Crippen LogP contribution in [0.5, 0.6) is 17.2 Å². The maximum atomic E-state index is 15.0. The van der Waals surface area contributed by atoms with Gasteiger partial charge in [-0.15, -0.1) is 0 Å². The monoisotopic (exact) mass is 622 g/mol. The first-order valence-corrected chi connectivity index (χ1v) is 14.2. The molecule has 3 rings (SSSR count). The molecule has 45 heavy (non-hydrogen) atoms. The average molecular weight is 623 g/mol. The molecule has 0 aliphatic heterocycles. The smallest absolute Gasteiger partial charge is 0.374 e. The number of hydrogen-bond donors (Lipinski definition) is 0. The summed E-state index contributed by atoms with van der Waals surface area (Å²) in [5, 5.41) is 0. The fraction of sp³-hybridized carbons (Fsp3) is 0.286. The third-order valence-corrected chi connectivity index (χ3v) is 6.12. The largest absolute Gasteiger partial charge is 0.490 e. The molecule has 0 amide bonds. The normalized spacial score (nSPS) is 10.5. The zero-order valence-electron chi connectivity index (χ0n) is 25.6. The van der Waals surface area contributed by atoms with Gasteiger partial charge in [0.1, 0.15) is 12.4 Å². The topological polar surface area (TPSA) is 97.4 Å². The van der Waals surface area contributed by atoms with Crippen LogP contribution in [0.3, 0.4) is 0 Å². The number of ketones is 1. The Balaban J connectivity index is 1.74. The van der Waals surface area contributed by atoms with Crippen LogP contribution in [0.1, 0.15) is 33.6 Å². The molecule has 10 heteroatoms. The number of rotatable bonds is 17. The lowest BCUT2D eigenvalue weighted by Crippen LogP contribution is -2.15. The molecule has 0 aliphatic carbocycles. The first-order chi connectivity index (χ1) is 21.4. The van der Waals surface area contributed by atoms with E-state index in [1.54, 1.807) is 37.3 Å². The van der Waals surface area contributed by atoms with Crippen LogP contribution >= 0.6 is 0 Å². The maximum Gasteiger partial charge on any atom is 0.374 e. The average Bonchev–Trinajstić information content (AvgIpc) is 3.00. The van der Waals surface area contributed by atoms with Crippen molar-refractivity contribution < 1.29 is 46.8 Å². The van der Waals surface area contributed by atoms with Gasteiger partial charge in [-0.25, -0.2) is 18.4 Å². The summed E-state index contributed by atoms with van der Waals surface area (Å²) >= 11 is 0. The zero-order chi connectivity index (χ0) is 32.9. The van der Waals surface area contributed by atoms with Gasteiger partial charge in [0.25, 0.3) is 0 Å². The Labute approximate surface area is 261 Å². The number of halogens is 2. The molecule has 0 saturated carbocycles. The van der Waals surface area contributed by atoms with Crippen LogP contribution in [0.15, 0.2) is 78.9 Å². The van der Waals surface area contributed by atoms with Gasteiger partial charge in [0.15, 0.2) is 23.1 Å². The molecule has 0 unspecified atom stereocenters. The highest BCUT2D eigenvalue weighted by atomic mass is 19.1. The fourth-order valence-electron chi connectivity index (χ4n) is 3.85. The van der Waals surface area contributed by atoms with E-state index in [2.05, 4.69) is 13.2 Å². The van der Waals surface area contributed by atoms with E-state index in [0.29, 0.717) is 40.0 Å². The molecule has 0 N–H and O–H groups in total. The number of benzene rings is 3. The highest BCUT2D eigenvalue weighted by molar-refractivity contribution is 6.32. The summed E-state index contributed by atoms with van der Waals surface area (Å²) in [5.41, 5.74) is 3.42. The molecule has 0 aromatic heterocycles. The summed E-state index contributed by atoms with van der Waals surface area (Å²) in [4.78, 5) is 33.6. The maximum absolute atomic E-state index is 15.0. The lowest BCUT2D eigenvalue weighted by Gasteiger charge is -2.14. The van der Waals surface area contributed by atoms with E-state index < -0.39 is 29.4 Å². The number of ether oxygens (including phenoxy) is 5. The predicted molar refractivity (Wildman–Crippen MR) is 165 cm³/mol. The number of esters is 2. The van der Waals surface area contributed by atoms with Crippen molar-refractivity contribution in [3.63, 3.8) is 0 Å². The molecule has 0 atom stereocenters. The summed E-state index contributed by atoms with van der Waals surface area (Å²) in [5.74, 6) is -2.75. The van der Waals surface area contributed by atoms with E-state index in [0.717, 1.165) is 12.5 Å². The van der Waals surface area contributed by atoms with Gasteiger partial charge in [-0.1, -0.05) is 25.3 Å². The third-order valence-electron chi connectivity index (χ3n) is 6.12. The summed E-state index contributed by atoms with van der Waals surface area (Å²) in [6.45, 7) is 12.4. The van der Waals surface area contributed by atoms with Crippen LogP contribution in [0.2, 0.25) is 0 Å². The number of Topliss-reactive ketones (excluding diaryl/α,β-unsaturated/α-hetero) is 1. The van der Waals surface area contributed by atoms with E-state index in [-0.39, 0.29) is 51.0 Å². The van der Waals surface area contributed by atoms with Crippen molar-refractivity contribution in [1.29, 1.82) is 0 Å². The van der Waals surface area contributed by atoms with Crippen molar-refractivity contribution in [1.82, 2.24) is 0 Å². The molecule has 238 valence electrons. The summed E-state index contributed by atoms with van der Waals surface area (Å²) < 4.78 is 56.7. The fourth-order valence-corrected chi connectivity index (χ4v) is 3.85. The van der Waals surface area contributed by atoms with E-state index in [4.69, 9.17) is 23.7 Å². The first kappa shape index (κ1) is 34.5. The molecule has 0 aliphatic rings. The van der Waals surface area contributed by atoms with Crippen LogP contribution in [-0.2, 0) is 23.9 Å². The minimum Gasteiger partial charge on any atom is -0.490 e. The van der Waals surface area contributed by atoms with E-state index >= 15 is 4.39 Å². The molecule has 0 spiro atoms. The first-order valence-electron chi connectivity index (χ1n) is 14.2.